The number of nitrogens with zero attached hydrogens (tertiary/aromatic N) is 4. The van der Waals surface area contributed by atoms with Crippen molar-refractivity contribution in [2.75, 3.05) is 4.90 Å². The van der Waals surface area contributed by atoms with Gasteiger partial charge in [0.15, 0.2) is 0 Å². The van der Waals surface area contributed by atoms with E-state index in [1.165, 1.54) is 0 Å². The maximum atomic E-state index is 8.84. The summed E-state index contributed by atoms with van der Waals surface area (Å²) in [4.78, 5) is 5.32. The number of nitriles is 2. The lowest BCUT2D eigenvalue weighted by Crippen LogP contribution is -2.36. The van der Waals surface area contributed by atoms with Gasteiger partial charge in [-0.3, -0.25) is 0 Å². The molecule has 5 heteroatoms. The molecule has 0 heterocycles. The Morgan fingerprint density at radius 3 is 2.29 bits per heavy atom. The summed E-state index contributed by atoms with van der Waals surface area (Å²) in [5.74, 6) is 0.117. The van der Waals surface area contributed by atoms with Gasteiger partial charge in [0.1, 0.15) is 0 Å². The van der Waals surface area contributed by atoms with E-state index in [1.54, 1.807) is 35.4 Å². The largest absolute Gasteiger partial charge is 0.369 e. The van der Waals surface area contributed by atoms with Gasteiger partial charge in [-0.05, 0) is 29.8 Å². The lowest BCUT2D eigenvalue weighted by atomic mass is 10.1. The van der Waals surface area contributed by atoms with Crippen LogP contribution in [0.3, 0.4) is 0 Å². The summed E-state index contributed by atoms with van der Waals surface area (Å²) in [6.45, 7) is 0.490. The van der Waals surface area contributed by atoms with Crippen LogP contribution in [0.25, 0.3) is 0 Å². The van der Waals surface area contributed by atoms with Gasteiger partial charge in [-0.2, -0.15) is 10.5 Å². The van der Waals surface area contributed by atoms with Gasteiger partial charge in [0.05, 0.1) is 18.2 Å². The van der Waals surface area contributed by atoms with Crippen LogP contribution in [0.15, 0.2) is 59.6 Å². The predicted octanol–water partition coefficient (Wildman–Crippen LogP) is 2.36. The van der Waals surface area contributed by atoms with Gasteiger partial charge in [0.25, 0.3) is 0 Å². The number of hydrogen-bond donors (Lipinski definition) is 1. The Bertz CT molecular complexity index is 705. The zero-order chi connectivity index (χ0) is 15.1. The minimum absolute atomic E-state index is 0.117. The average molecular weight is 275 g/mol. The van der Waals surface area contributed by atoms with Crippen molar-refractivity contribution in [2.45, 2.75) is 6.54 Å². The second-order valence-corrected chi connectivity index (χ2v) is 4.30. The molecule has 0 atom stereocenters. The Hall–Kier alpha value is -3.31. The molecule has 2 N–H and O–H groups in total. The molecule has 0 aliphatic rings. The molecule has 0 bridgehead atoms. The van der Waals surface area contributed by atoms with E-state index < -0.39 is 0 Å². The highest BCUT2D eigenvalue weighted by molar-refractivity contribution is 5.95. The standard InChI is InChI=1S/C16H13N5/c17-10-13-6-8-15(9-7-13)21(16(19)20-12-18)11-14-4-2-1-3-5-14/h1-9H,11H2,(H2,19,20). The minimum Gasteiger partial charge on any atom is -0.369 e. The molecule has 0 amide bonds. The summed E-state index contributed by atoms with van der Waals surface area (Å²) < 4.78 is 0. The van der Waals surface area contributed by atoms with Crippen LogP contribution < -0.4 is 10.6 Å². The van der Waals surface area contributed by atoms with Crippen molar-refractivity contribution in [1.82, 2.24) is 0 Å². The van der Waals surface area contributed by atoms with E-state index in [4.69, 9.17) is 16.3 Å². The van der Waals surface area contributed by atoms with Crippen molar-refractivity contribution < 1.29 is 0 Å². The quantitative estimate of drug-likeness (QED) is 0.529. The van der Waals surface area contributed by atoms with Crippen LogP contribution >= 0.6 is 0 Å². The highest BCUT2D eigenvalue weighted by Crippen LogP contribution is 2.18. The molecule has 102 valence electrons. The number of hydrogen-bond acceptors (Lipinski definition) is 3. The van der Waals surface area contributed by atoms with Gasteiger partial charge in [-0.25, -0.2) is 0 Å². The van der Waals surface area contributed by atoms with Gasteiger partial charge in [-0.15, -0.1) is 4.99 Å². The number of rotatable bonds is 3. The molecule has 0 unspecified atom stereocenters. The number of anilines is 1. The fourth-order valence-electron chi connectivity index (χ4n) is 1.90. The highest BCUT2D eigenvalue weighted by Gasteiger charge is 2.11. The summed E-state index contributed by atoms with van der Waals surface area (Å²) in [5.41, 5.74) is 8.24. The molecule has 0 fully saturated rings. The Balaban J connectivity index is 2.34. The number of aliphatic imine (C=N–C) groups is 1. The van der Waals surface area contributed by atoms with Crippen LogP contribution in [0, 0.1) is 22.8 Å². The molecule has 2 rings (SSSR count). The van der Waals surface area contributed by atoms with Crippen molar-refractivity contribution in [3.05, 3.63) is 65.7 Å². The van der Waals surface area contributed by atoms with Crippen LogP contribution in [0.5, 0.6) is 0 Å². The Labute approximate surface area is 123 Å². The lowest BCUT2D eigenvalue weighted by molar-refractivity contribution is 0.992. The normalized spacial score (nSPS) is 10.5. The third-order valence-electron chi connectivity index (χ3n) is 2.93. The number of benzene rings is 2. The van der Waals surface area contributed by atoms with E-state index >= 15 is 0 Å². The molecule has 0 radical (unpaired) electrons. The summed E-state index contributed by atoms with van der Waals surface area (Å²) in [7, 11) is 0. The molecule has 5 nitrogen and oxygen atoms in total. The van der Waals surface area contributed by atoms with Crippen LogP contribution in [0.1, 0.15) is 11.1 Å². The third kappa shape index (κ3) is 3.59. The Kier molecular flexibility index (Phi) is 4.53. The average Bonchev–Trinajstić information content (AvgIpc) is 2.54. The van der Waals surface area contributed by atoms with Gasteiger partial charge in [-0.1, -0.05) is 30.3 Å². The van der Waals surface area contributed by atoms with Gasteiger partial charge < -0.3 is 10.6 Å². The molecule has 0 spiro atoms. The molecule has 0 saturated carbocycles. The van der Waals surface area contributed by atoms with Crippen molar-refractivity contribution in [2.24, 2.45) is 10.7 Å². The van der Waals surface area contributed by atoms with Crippen LogP contribution in [-0.2, 0) is 6.54 Å². The van der Waals surface area contributed by atoms with Crippen molar-refractivity contribution >= 4 is 11.6 Å². The molecule has 21 heavy (non-hydrogen) atoms. The smallest absolute Gasteiger partial charge is 0.212 e. The molecule has 0 aromatic heterocycles. The summed E-state index contributed by atoms with van der Waals surface area (Å²) in [6, 6.07) is 18.8. The molecular weight excluding hydrogens is 262 g/mol. The topological polar surface area (TPSA) is 89.2 Å². The van der Waals surface area contributed by atoms with Crippen molar-refractivity contribution in [3.8, 4) is 12.3 Å². The second-order valence-electron chi connectivity index (χ2n) is 4.30. The van der Waals surface area contributed by atoms with Crippen LogP contribution in [0.2, 0.25) is 0 Å². The van der Waals surface area contributed by atoms with E-state index in [1.807, 2.05) is 30.3 Å². The Morgan fingerprint density at radius 2 is 1.71 bits per heavy atom. The summed E-state index contributed by atoms with van der Waals surface area (Å²) in [5, 5.41) is 17.5. The zero-order valence-electron chi connectivity index (χ0n) is 11.3. The summed E-state index contributed by atoms with van der Waals surface area (Å²) >= 11 is 0. The molecule has 0 aliphatic heterocycles. The maximum absolute atomic E-state index is 8.84. The third-order valence-corrected chi connectivity index (χ3v) is 2.93. The SMILES string of the molecule is N#CN=C(N)N(Cc1ccccc1)c1ccc(C#N)cc1. The molecule has 0 saturated heterocycles. The zero-order valence-corrected chi connectivity index (χ0v) is 11.3. The fraction of sp³-hybridized carbons (Fsp3) is 0.0625. The van der Waals surface area contributed by atoms with E-state index in [0.29, 0.717) is 12.1 Å². The highest BCUT2D eigenvalue weighted by atomic mass is 15.3. The van der Waals surface area contributed by atoms with Gasteiger partial charge in [0, 0.05) is 5.69 Å². The monoisotopic (exact) mass is 275 g/mol. The molecular formula is C16H13N5. The minimum atomic E-state index is 0.117. The second kappa shape index (κ2) is 6.74. The first-order valence-corrected chi connectivity index (χ1v) is 6.28. The number of nitrogens with two attached hydrogens (primary N) is 1. The first-order chi connectivity index (χ1) is 10.2. The lowest BCUT2D eigenvalue weighted by Gasteiger charge is -2.23. The first-order valence-electron chi connectivity index (χ1n) is 6.28. The van der Waals surface area contributed by atoms with Crippen LogP contribution in [-0.4, -0.2) is 5.96 Å². The summed E-state index contributed by atoms with van der Waals surface area (Å²) in [6.07, 6.45) is 1.69. The van der Waals surface area contributed by atoms with Crippen molar-refractivity contribution in [3.63, 3.8) is 0 Å². The molecule has 2 aromatic rings. The molecule has 0 aliphatic carbocycles. The Morgan fingerprint density at radius 1 is 1.05 bits per heavy atom. The molecule has 2 aromatic carbocycles. The van der Waals surface area contributed by atoms with Crippen molar-refractivity contribution in [1.29, 1.82) is 10.5 Å². The van der Waals surface area contributed by atoms with E-state index in [9.17, 15) is 0 Å². The van der Waals surface area contributed by atoms with Gasteiger partial charge in [0.2, 0.25) is 12.2 Å². The van der Waals surface area contributed by atoms with Crippen LogP contribution in [0.4, 0.5) is 5.69 Å². The maximum Gasteiger partial charge on any atom is 0.212 e. The van der Waals surface area contributed by atoms with E-state index in [2.05, 4.69) is 11.1 Å². The fourth-order valence-corrected chi connectivity index (χ4v) is 1.90. The van der Waals surface area contributed by atoms with E-state index in [0.717, 1.165) is 11.3 Å². The predicted molar refractivity (Wildman–Crippen MR) is 81.0 cm³/mol. The number of guanidine groups is 1. The first kappa shape index (κ1) is 14.1. The van der Waals surface area contributed by atoms with Gasteiger partial charge >= 0.3 is 0 Å². The van der Waals surface area contributed by atoms with E-state index in [-0.39, 0.29) is 5.96 Å².